The van der Waals surface area contributed by atoms with Crippen molar-refractivity contribution >= 4 is 17.5 Å². The predicted octanol–water partition coefficient (Wildman–Crippen LogP) is 3.43. The van der Waals surface area contributed by atoms with Gasteiger partial charge in [-0.1, -0.05) is 43.6 Å². The molecule has 0 aliphatic heterocycles. The van der Waals surface area contributed by atoms with Crippen molar-refractivity contribution in [2.75, 3.05) is 0 Å². The van der Waals surface area contributed by atoms with Crippen LogP contribution >= 0.6 is 11.6 Å². The van der Waals surface area contributed by atoms with Crippen molar-refractivity contribution in [1.29, 1.82) is 5.26 Å². The minimum atomic E-state index is -0.874. The highest BCUT2D eigenvalue weighted by Gasteiger charge is 2.31. The highest BCUT2D eigenvalue weighted by atomic mass is 35.5. The Morgan fingerprint density at radius 2 is 1.86 bits per heavy atom. The lowest BCUT2D eigenvalue weighted by molar-refractivity contribution is -0.124. The van der Waals surface area contributed by atoms with E-state index in [1.165, 1.54) is 0 Å². The monoisotopic (exact) mass is 321 g/mol. The summed E-state index contributed by atoms with van der Waals surface area (Å²) >= 11 is 6.17. The molecule has 5 heteroatoms. The highest BCUT2D eigenvalue weighted by Crippen LogP contribution is 2.22. The number of benzene rings is 1. The van der Waals surface area contributed by atoms with Gasteiger partial charge in [0.25, 0.3) is 0 Å². The molecule has 1 amide bonds. The molecule has 0 fully saturated rings. The molecule has 0 aliphatic rings. The van der Waals surface area contributed by atoms with E-state index in [4.69, 9.17) is 11.6 Å². The van der Waals surface area contributed by atoms with Crippen LogP contribution in [0.1, 0.15) is 46.2 Å². The summed E-state index contributed by atoms with van der Waals surface area (Å²) in [5, 5.41) is 16.0. The molecule has 22 heavy (non-hydrogen) atoms. The van der Waals surface area contributed by atoms with E-state index >= 15 is 0 Å². The molecule has 0 spiro atoms. The summed E-state index contributed by atoms with van der Waals surface area (Å²) in [6.07, 6.45) is 0. The number of hydrogen-bond acceptors (Lipinski definition) is 3. The summed E-state index contributed by atoms with van der Waals surface area (Å²) < 4.78 is 0. The molecule has 3 atom stereocenters. The Morgan fingerprint density at radius 1 is 1.27 bits per heavy atom. The van der Waals surface area contributed by atoms with E-state index in [9.17, 15) is 10.1 Å². The van der Waals surface area contributed by atoms with Crippen LogP contribution < -0.4 is 10.6 Å². The minimum Gasteiger partial charge on any atom is -0.336 e. The molecule has 0 saturated heterocycles. The van der Waals surface area contributed by atoms with Crippen molar-refractivity contribution in [3.63, 3.8) is 0 Å². The molecule has 0 aromatic heterocycles. The molecular weight excluding hydrogens is 298 g/mol. The molecule has 0 unspecified atom stereocenters. The van der Waals surface area contributed by atoms with Gasteiger partial charge in [-0.05, 0) is 38.3 Å². The topological polar surface area (TPSA) is 64.9 Å². The van der Waals surface area contributed by atoms with Crippen molar-refractivity contribution in [3.8, 4) is 6.07 Å². The molecule has 0 bridgehead atoms. The average molecular weight is 322 g/mol. The molecule has 1 aromatic rings. The van der Waals surface area contributed by atoms with E-state index in [0.717, 1.165) is 5.56 Å². The lowest BCUT2D eigenvalue weighted by atomic mass is 9.90. The first-order valence-corrected chi connectivity index (χ1v) is 7.82. The summed E-state index contributed by atoms with van der Waals surface area (Å²) in [4.78, 5) is 12.3. The molecule has 0 aliphatic carbocycles. The second-order valence-corrected chi connectivity index (χ2v) is 6.50. The Balaban J connectivity index is 2.73. The third-order valence-corrected chi connectivity index (χ3v) is 4.38. The Kier molecular flexibility index (Phi) is 6.40. The second-order valence-electron chi connectivity index (χ2n) is 6.09. The van der Waals surface area contributed by atoms with Crippen LogP contribution in [-0.4, -0.2) is 17.5 Å². The summed E-state index contributed by atoms with van der Waals surface area (Å²) in [5.74, 6) is -0.175. The standard InChI is InChI=1S/C17H24ClN3O/c1-11(2)17(5,10-19)21-16(22)13(4)20-12(3)14-8-6-7-9-15(14)18/h6-9,11-13,20H,1-5H3,(H,21,22)/t12-,13+,17+/m1/s1. The second kappa shape index (κ2) is 7.62. The SMILES string of the molecule is CC(C)[C@](C)(C#N)NC(=O)[C@H](C)N[C@H](C)c1ccccc1Cl. The number of rotatable bonds is 6. The lowest BCUT2D eigenvalue weighted by Crippen LogP contribution is -2.54. The number of amides is 1. The van der Waals surface area contributed by atoms with Gasteiger partial charge in [0.05, 0.1) is 12.1 Å². The molecular formula is C17H24ClN3O. The zero-order chi connectivity index (χ0) is 16.9. The normalized spacial score (nSPS) is 16.5. The van der Waals surface area contributed by atoms with Crippen molar-refractivity contribution in [1.82, 2.24) is 10.6 Å². The van der Waals surface area contributed by atoms with Gasteiger partial charge < -0.3 is 5.32 Å². The van der Waals surface area contributed by atoms with Crippen LogP contribution in [0.2, 0.25) is 5.02 Å². The number of nitrogens with zero attached hydrogens (tertiary/aromatic N) is 1. The van der Waals surface area contributed by atoms with Crippen LogP contribution in [0.4, 0.5) is 0 Å². The van der Waals surface area contributed by atoms with Crippen LogP contribution in [0.3, 0.4) is 0 Å². The maximum atomic E-state index is 12.3. The van der Waals surface area contributed by atoms with E-state index in [1.807, 2.05) is 45.0 Å². The molecule has 1 rings (SSSR count). The minimum absolute atomic E-state index is 0.0228. The average Bonchev–Trinajstić information content (AvgIpc) is 2.46. The van der Waals surface area contributed by atoms with E-state index in [2.05, 4.69) is 16.7 Å². The van der Waals surface area contributed by atoms with Gasteiger partial charge >= 0.3 is 0 Å². The van der Waals surface area contributed by atoms with Crippen molar-refractivity contribution in [2.24, 2.45) is 5.92 Å². The Bertz CT molecular complexity index is 567. The molecule has 0 heterocycles. The van der Waals surface area contributed by atoms with E-state index in [-0.39, 0.29) is 17.9 Å². The molecule has 0 radical (unpaired) electrons. The van der Waals surface area contributed by atoms with Crippen LogP contribution in [0.15, 0.2) is 24.3 Å². The first kappa shape index (κ1) is 18.5. The third kappa shape index (κ3) is 4.46. The number of carbonyl (C=O) groups excluding carboxylic acids is 1. The Hall–Kier alpha value is -1.57. The molecule has 120 valence electrons. The summed E-state index contributed by atoms with van der Waals surface area (Å²) in [5.41, 5.74) is 0.0661. The molecule has 1 aromatic carbocycles. The fourth-order valence-corrected chi connectivity index (χ4v) is 2.33. The van der Waals surface area contributed by atoms with Crippen LogP contribution in [0.25, 0.3) is 0 Å². The van der Waals surface area contributed by atoms with Gasteiger partial charge in [0.15, 0.2) is 0 Å². The molecule has 4 nitrogen and oxygen atoms in total. The van der Waals surface area contributed by atoms with Gasteiger partial charge in [0, 0.05) is 11.1 Å². The van der Waals surface area contributed by atoms with E-state index < -0.39 is 11.6 Å². The molecule has 0 saturated carbocycles. The zero-order valence-electron chi connectivity index (χ0n) is 13.8. The Labute approximate surface area is 137 Å². The van der Waals surface area contributed by atoms with Gasteiger partial charge in [0.2, 0.25) is 5.91 Å². The summed E-state index contributed by atoms with van der Waals surface area (Å²) in [6, 6.07) is 9.21. The van der Waals surface area contributed by atoms with Gasteiger partial charge in [-0.25, -0.2) is 0 Å². The zero-order valence-corrected chi connectivity index (χ0v) is 14.5. The van der Waals surface area contributed by atoms with Crippen LogP contribution in [-0.2, 0) is 4.79 Å². The van der Waals surface area contributed by atoms with Crippen LogP contribution in [0.5, 0.6) is 0 Å². The van der Waals surface area contributed by atoms with Crippen molar-refractivity contribution in [3.05, 3.63) is 34.9 Å². The van der Waals surface area contributed by atoms with E-state index in [0.29, 0.717) is 5.02 Å². The first-order valence-electron chi connectivity index (χ1n) is 7.45. The fourth-order valence-electron chi connectivity index (χ4n) is 2.03. The molecule has 2 N–H and O–H groups in total. The van der Waals surface area contributed by atoms with Gasteiger partial charge in [-0.3, -0.25) is 10.1 Å². The van der Waals surface area contributed by atoms with Crippen molar-refractivity contribution in [2.45, 2.75) is 52.2 Å². The maximum absolute atomic E-state index is 12.3. The highest BCUT2D eigenvalue weighted by molar-refractivity contribution is 6.31. The first-order chi connectivity index (χ1) is 10.2. The van der Waals surface area contributed by atoms with Crippen molar-refractivity contribution < 1.29 is 4.79 Å². The van der Waals surface area contributed by atoms with Gasteiger partial charge in [-0.2, -0.15) is 5.26 Å². The van der Waals surface area contributed by atoms with Gasteiger partial charge in [-0.15, -0.1) is 0 Å². The number of nitriles is 1. The van der Waals surface area contributed by atoms with Gasteiger partial charge in [0.1, 0.15) is 5.54 Å². The number of carbonyl (C=O) groups is 1. The quantitative estimate of drug-likeness (QED) is 0.843. The largest absolute Gasteiger partial charge is 0.336 e. The number of nitrogens with one attached hydrogen (secondary N) is 2. The summed E-state index contributed by atoms with van der Waals surface area (Å²) in [7, 11) is 0. The predicted molar refractivity (Wildman–Crippen MR) is 89.5 cm³/mol. The maximum Gasteiger partial charge on any atom is 0.238 e. The number of halogens is 1. The fraction of sp³-hybridized carbons (Fsp3) is 0.529. The van der Waals surface area contributed by atoms with Crippen LogP contribution in [0, 0.1) is 17.2 Å². The number of hydrogen-bond donors (Lipinski definition) is 2. The summed E-state index contributed by atoms with van der Waals surface area (Å²) in [6.45, 7) is 9.29. The smallest absolute Gasteiger partial charge is 0.238 e. The Morgan fingerprint density at radius 3 is 2.36 bits per heavy atom. The lowest BCUT2D eigenvalue weighted by Gasteiger charge is -2.30. The van der Waals surface area contributed by atoms with E-state index in [1.54, 1.807) is 13.8 Å². The third-order valence-electron chi connectivity index (χ3n) is 4.03.